The highest BCUT2D eigenvalue weighted by molar-refractivity contribution is 7.13. The second-order valence-corrected chi connectivity index (χ2v) is 4.55. The molecule has 1 aromatic carbocycles. The van der Waals surface area contributed by atoms with Gasteiger partial charge in [-0.05, 0) is 18.4 Å². The molecule has 0 saturated heterocycles. The fraction of sp³-hybridized carbons (Fsp3) is 0.200. The van der Waals surface area contributed by atoms with Crippen molar-refractivity contribution < 1.29 is 0 Å². The van der Waals surface area contributed by atoms with Crippen LogP contribution in [0.2, 0.25) is 0 Å². The number of rotatable bonds is 1. The summed E-state index contributed by atoms with van der Waals surface area (Å²) in [5, 5.41) is 5.39. The minimum atomic E-state index is 0.964. The molecule has 0 N–H and O–H groups in total. The third-order valence-electron chi connectivity index (χ3n) is 2.58. The predicted octanol–water partition coefficient (Wildman–Crippen LogP) is 4.69. The van der Waals surface area contributed by atoms with E-state index in [1.165, 1.54) is 10.8 Å². The number of thiazole rings is 1. The van der Waals surface area contributed by atoms with Crippen molar-refractivity contribution in [2.24, 2.45) is 0 Å². The van der Waals surface area contributed by atoms with Gasteiger partial charge in [-0.25, -0.2) is 9.97 Å². The topological polar surface area (TPSA) is 25.8 Å². The van der Waals surface area contributed by atoms with Gasteiger partial charge < -0.3 is 0 Å². The van der Waals surface area contributed by atoms with Gasteiger partial charge in [-0.15, -0.1) is 11.3 Å². The van der Waals surface area contributed by atoms with Gasteiger partial charge in [0.15, 0.2) is 0 Å². The number of nitrogens with zero attached hydrogens (tertiary/aromatic N) is 2. The maximum Gasteiger partial charge on any atom is 0.141 e. The molecule has 0 radical (unpaired) electrons. The molecule has 0 spiro atoms. The first-order valence-corrected chi connectivity index (χ1v) is 6.99. The van der Waals surface area contributed by atoms with Crippen LogP contribution in [0.1, 0.15) is 19.5 Å². The van der Waals surface area contributed by atoms with Crippen LogP contribution in [0.4, 0.5) is 0 Å². The number of aromatic nitrogens is 2. The average molecular weight is 256 g/mol. The van der Waals surface area contributed by atoms with Crippen molar-refractivity contribution in [1.29, 1.82) is 0 Å². The van der Waals surface area contributed by atoms with Crippen LogP contribution in [-0.2, 0) is 0 Å². The maximum absolute atomic E-state index is 4.59. The lowest BCUT2D eigenvalue weighted by molar-refractivity contribution is 1.22. The van der Waals surface area contributed by atoms with Crippen molar-refractivity contribution in [3.05, 3.63) is 47.6 Å². The van der Waals surface area contributed by atoms with Crippen molar-refractivity contribution in [2.45, 2.75) is 20.8 Å². The minimum Gasteiger partial charge on any atom is -0.250 e. The van der Waals surface area contributed by atoms with E-state index in [-0.39, 0.29) is 0 Å². The average Bonchev–Trinajstić information content (AvgIpc) is 2.95. The maximum atomic E-state index is 4.59. The van der Waals surface area contributed by atoms with E-state index in [2.05, 4.69) is 28.2 Å². The fourth-order valence-corrected chi connectivity index (χ4v) is 2.43. The van der Waals surface area contributed by atoms with Crippen LogP contribution in [0.25, 0.3) is 21.5 Å². The Morgan fingerprint density at radius 3 is 2.61 bits per heavy atom. The van der Waals surface area contributed by atoms with Gasteiger partial charge in [0.1, 0.15) is 5.01 Å². The molecule has 0 fully saturated rings. The smallest absolute Gasteiger partial charge is 0.141 e. The van der Waals surface area contributed by atoms with Crippen LogP contribution in [-0.4, -0.2) is 9.97 Å². The molecule has 0 aliphatic rings. The van der Waals surface area contributed by atoms with Crippen molar-refractivity contribution in [2.75, 3.05) is 0 Å². The zero-order valence-corrected chi connectivity index (χ0v) is 11.7. The Labute approximate surface area is 111 Å². The van der Waals surface area contributed by atoms with Crippen LogP contribution < -0.4 is 0 Å². The summed E-state index contributed by atoms with van der Waals surface area (Å²) in [6.07, 6.45) is 1.81. The van der Waals surface area contributed by atoms with E-state index >= 15 is 0 Å². The molecule has 2 aromatic heterocycles. The normalized spacial score (nSPS) is 9.94. The molecule has 3 aromatic rings. The minimum absolute atomic E-state index is 0.964. The molecule has 0 saturated carbocycles. The zero-order valence-electron chi connectivity index (χ0n) is 10.8. The van der Waals surface area contributed by atoms with E-state index in [9.17, 15) is 0 Å². The van der Waals surface area contributed by atoms with Gasteiger partial charge in [0, 0.05) is 22.7 Å². The molecule has 3 rings (SSSR count). The lowest BCUT2D eigenvalue weighted by atomic mass is 10.1. The van der Waals surface area contributed by atoms with Gasteiger partial charge >= 0.3 is 0 Å². The van der Waals surface area contributed by atoms with E-state index in [4.69, 9.17) is 0 Å². The number of benzene rings is 1. The first kappa shape index (κ1) is 12.7. The molecule has 0 amide bonds. The lowest BCUT2D eigenvalue weighted by Crippen LogP contribution is -1.88. The molecule has 0 aliphatic heterocycles. The molecule has 92 valence electrons. The SMILES string of the molecule is CC.Cc1nc(-c2nccs2)cc2ccccc12. The van der Waals surface area contributed by atoms with Crippen LogP contribution in [0, 0.1) is 6.92 Å². The van der Waals surface area contributed by atoms with Gasteiger partial charge in [0.05, 0.1) is 5.69 Å². The fourth-order valence-electron chi connectivity index (χ4n) is 1.83. The van der Waals surface area contributed by atoms with Crippen LogP contribution in [0.3, 0.4) is 0 Å². The molecule has 2 nitrogen and oxygen atoms in total. The van der Waals surface area contributed by atoms with Crippen molar-refractivity contribution in [3.8, 4) is 10.7 Å². The highest BCUT2D eigenvalue weighted by Crippen LogP contribution is 2.25. The molecule has 3 heteroatoms. The van der Waals surface area contributed by atoms with Crippen LogP contribution in [0.5, 0.6) is 0 Å². The van der Waals surface area contributed by atoms with Gasteiger partial charge in [0.25, 0.3) is 0 Å². The Hall–Kier alpha value is -1.74. The highest BCUT2D eigenvalue weighted by atomic mass is 32.1. The highest BCUT2D eigenvalue weighted by Gasteiger charge is 2.05. The van der Waals surface area contributed by atoms with Gasteiger partial charge in [-0.2, -0.15) is 0 Å². The summed E-state index contributed by atoms with van der Waals surface area (Å²) in [6.45, 7) is 6.04. The van der Waals surface area contributed by atoms with E-state index in [1.54, 1.807) is 11.3 Å². The Balaban J connectivity index is 0.000000574. The molecule has 18 heavy (non-hydrogen) atoms. The van der Waals surface area contributed by atoms with Crippen molar-refractivity contribution in [3.63, 3.8) is 0 Å². The first-order chi connectivity index (χ1) is 8.84. The summed E-state index contributed by atoms with van der Waals surface area (Å²) < 4.78 is 0. The Morgan fingerprint density at radius 1 is 1.11 bits per heavy atom. The Kier molecular flexibility index (Phi) is 4.05. The van der Waals surface area contributed by atoms with E-state index in [1.807, 2.05) is 44.5 Å². The molecule has 2 heterocycles. The quantitative estimate of drug-likeness (QED) is 0.631. The standard InChI is InChI=1S/C13H10N2S.C2H6/c1-9-11-5-3-2-4-10(11)8-12(15-9)13-14-6-7-16-13;1-2/h2-8H,1H3;1-2H3. The molecule has 0 bridgehead atoms. The second-order valence-electron chi connectivity index (χ2n) is 3.65. The number of aryl methyl sites for hydroxylation is 1. The van der Waals surface area contributed by atoms with Crippen LogP contribution >= 0.6 is 11.3 Å². The predicted molar refractivity (Wildman–Crippen MR) is 78.9 cm³/mol. The zero-order chi connectivity index (χ0) is 13.0. The Bertz CT molecular complexity index is 630. The summed E-state index contributed by atoms with van der Waals surface area (Å²) in [4.78, 5) is 8.88. The number of pyridine rings is 1. The summed E-state index contributed by atoms with van der Waals surface area (Å²) >= 11 is 1.62. The first-order valence-electron chi connectivity index (χ1n) is 6.11. The number of hydrogen-bond donors (Lipinski definition) is 0. The van der Waals surface area contributed by atoms with E-state index in [0.29, 0.717) is 0 Å². The molecular weight excluding hydrogens is 240 g/mol. The Morgan fingerprint density at radius 2 is 1.89 bits per heavy atom. The summed E-state index contributed by atoms with van der Waals surface area (Å²) in [5.41, 5.74) is 2.02. The molecule has 0 aliphatic carbocycles. The van der Waals surface area contributed by atoms with E-state index in [0.717, 1.165) is 16.4 Å². The molecule has 0 atom stereocenters. The number of fused-ring (bicyclic) bond motifs is 1. The number of hydrogen-bond acceptors (Lipinski definition) is 3. The molecule has 0 unspecified atom stereocenters. The summed E-state index contributed by atoms with van der Waals surface area (Å²) in [5.74, 6) is 0. The molecular formula is C15H16N2S. The van der Waals surface area contributed by atoms with Gasteiger partial charge in [0.2, 0.25) is 0 Å². The van der Waals surface area contributed by atoms with E-state index < -0.39 is 0 Å². The van der Waals surface area contributed by atoms with Crippen molar-refractivity contribution in [1.82, 2.24) is 9.97 Å². The third kappa shape index (κ3) is 2.41. The monoisotopic (exact) mass is 256 g/mol. The largest absolute Gasteiger partial charge is 0.250 e. The second kappa shape index (κ2) is 5.74. The third-order valence-corrected chi connectivity index (χ3v) is 3.38. The van der Waals surface area contributed by atoms with Crippen LogP contribution in [0.15, 0.2) is 41.9 Å². The van der Waals surface area contributed by atoms with Gasteiger partial charge in [-0.3, -0.25) is 0 Å². The van der Waals surface area contributed by atoms with Crippen molar-refractivity contribution >= 4 is 22.1 Å². The summed E-state index contributed by atoms with van der Waals surface area (Å²) in [7, 11) is 0. The van der Waals surface area contributed by atoms with Gasteiger partial charge in [-0.1, -0.05) is 38.1 Å². The summed E-state index contributed by atoms with van der Waals surface area (Å²) in [6, 6.07) is 10.4. The lowest BCUT2D eigenvalue weighted by Gasteiger charge is -2.03.